The minimum absolute atomic E-state index is 0.0154. The van der Waals surface area contributed by atoms with Gasteiger partial charge in [0, 0.05) is 55.4 Å². The summed E-state index contributed by atoms with van der Waals surface area (Å²) in [5, 5.41) is 13.4. The van der Waals surface area contributed by atoms with Crippen molar-refractivity contribution >= 4 is 28.3 Å². The van der Waals surface area contributed by atoms with Gasteiger partial charge in [0.15, 0.2) is 0 Å². The fourth-order valence-corrected chi connectivity index (χ4v) is 7.39. The zero-order valence-corrected chi connectivity index (χ0v) is 28.4. The van der Waals surface area contributed by atoms with Crippen LogP contribution in [0, 0.1) is 5.82 Å². The molecule has 5 aromatic rings. The lowest BCUT2D eigenvalue weighted by Gasteiger charge is -2.39. The molecular formula is C37H39FN6O4S. The van der Waals surface area contributed by atoms with Crippen LogP contribution in [0.3, 0.4) is 0 Å². The molecule has 3 aromatic carbocycles. The largest absolute Gasteiger partial charge is 0.457 e. The van der Waals surface area contributed by atoms with Crippen molar-refractivity contribution in [1.29, 1.82) is 0 Å². The number of piperidine rings is 1. The number of fused-ring (bicyclic) bond motifs is 1. The van der Waals surface area contributed by atoms with Crippen molar-refractivity contribution in [3.8, 4) is 22.1 Å². The molecule has 1 amide bonds. The lowest BCUT2D eigenvalue weighted by Crippen LogP contribution is -2.49. The van der Waals surface area contributed by atoms with E-state index in [1.54, 1.807) is 29.5 Å². The molecule has 12 heteroatoms. The van der Waals surface area contributed by atoms with Crippen molar-refractivity contribution < 1.29 is 18.7 Å². The van der Waals surface area contributed by atoms with Gasteiger partial charge >= 0.3 is 0 Å². The van der Waals surface area contributed by atoms with Crippen LogP contribution in [0.4, 0.5) is 4.39 Å². The first kappa shape index (κ1) is 33.0. The van der Waals surface area contributed by atoms with E-state index >= 15 is 4.39 Å². The molecule has 0 spiro atoms. The van der Waals surface area contributed by atoms with E-state index in [0.717, 1.165) is 67.6 Å². The summed E-state index contributed by atoms with van der Waals surface area (Å²) in [5.41, 5.74) is 2.11. The maximum absolute atomic E-state index is 15.8. The molecule has 2 aliphatic heterocycles. The van der Waals surface area contributed by atoms with Crippen molar-refractivity contribution in [3.05, 3.63) is 99.2 Å². The summed E-state index contributed by atoms with van der Waals surface area (Å²) in [6.07, 6.45) is 4.91. The monoisotopic (exact) mass is 682 g/mol. The van der Waals surface area contributed by atoms with Crippen molar-refractivity contribution in [3.63, 3.8) is 0 Å². The number of nitrogens with zero attached hydrogens (tertiary/aromatic N) is 5. The molecule has 0 unspecified atom stereocenters. The van der Waals surface area contributed by atoms with Gasteiger partial charge < -0.3 is 24.3 Å². The second-order valence-electron chi connectivity index (χ2n) is 13.0. The van der Waals surface area contributed by atoms with Crippen LogP contribution in [0.2, 0.25) is 0 Å². The number of nitrogens with one attached hydrogen (secondary N) is 1. The number of rotatable bonds is 9. The van der Waals surface area contributed by atoms with E-state index in [4.69, 9.17) is 9.47 Å². The number of carbonyl (C=O) groups excluding carboxylic acids is 1. The molecule has 254 valence electrons. The molecule has 1 N–H and O–H groups in total. The standard InChI is InChI=1S/C37H39FN6O4S/c1-23(2)36-41-42-37(49-36)24-7-9-28(10-8-24)48-33-20-29(35(46)40-26-11-15-43(16-12-26)27-13-17-47-18-14-27)30(38)19-25(33)22-44-32-6-4-3-5-31(32)39-21-34(44)45/h3-10,19-21,23,26-27H,11-18,22H2,1-2H3,(H,40,46). The van der Waals surface area contributed by atoms with Crippen molar-refractivity contribution in [2.75, 3.05) is 26.3 Å². The number of halogens is 1. The molecule has 2 aromatic heterocycles. The predicted molar refractivity (Wildman–Crippen MR) is 187 cm³/mol. The molecular weight excluding hydrogens is 644 g/mol. The molecule has 0 bridgehead atoms. The van der Waals surface area contributed by atoms with Gasteiger partial charge in [-0.15, -0.1) is 10.2 Å². The molecule has 49 heavy (non-hydrogen) atoms. The fourth-order valence-electron chi connectivity index (χ4n) is 6.53. The molecule has 2 saturated heterocycles. The summed E-state index contributed by atoms with van der Waals surface area (Å²) in [6.45, 7) is 7.52. The van der Waals surface area contributed by atoms with Crippen LogP contribution in [-0.4, -0.2) is 68.9 Å². The smallest absolute Gasteiger partial charge is 0.269 e. The molecule has 0 atom stereocenters. The van der Waals surface area contributed by atoms with Crippen LogP contribution in [0.25, 0.3) is 21.6 Å². The Bertz CT molecular complexity index is 2000. The summed E-state index contributed by atoms with van der Waals surface area (Å²) in [4.78, 5) is 33.3. The third kappa shape index (κ3) is 7.41. The summed E-state index contributed by atoms with van der Waals surface area (Å²) < 4.78 is 29.2. The normalized spacial score (nSPS) is 16.3. The van der Waals surface area contributed by atoms with Gasteiger partial charge in [-0.1, -0.05) is 37.3 Å². The Labute approximate surface area is 287 Å². The zero-order chi connectivity index (χ0) is 33.9. The topological polar surface area (TPSA) is 111 Å². The van der Waals surface area contributed by atoms with E-state index in [2.05, 4.69) is 39.2 Å². The molecule has 0 radical (unpaired) electrons. The van der Waals surface area contributed by atoms with Crippen LogP contribution in [-0.2, 0) is 11.3 Å². The average Bonchev–Trinajstić information content (AvgIpc) is 3.63. The van der Waals surface area contributed by atoms with Crippen LogP contribution in [0.5, 0.6) is 11.5 Å². The van der Waals surface area contributed by atoms with E-state index in [1.807, 2.05) is 30.3 Å². The Hall–Kier alpha value is -4.52. The Morgan fingerprint density at radius 1 is 1.04 bits per heavy atom. The highest BCUT2D eigenvalue weighted by molar-refractivity contribution is 7.14. The number of hydrogen-bond donors (Lipinski definition) is 1. The van der Waals surface area contributed by atoms with Crippen LogP contribution >= 0.6 is 11.3 Å². The third-order valence-electron chi connectivity index (χ3n) is 9.31. The fraction of sp³-hybridized carbons (Fsp3) is 0.378. The molecule has 2 aliphatic rings. The Morgan fingerprint density at radius 3 is 2.53 bits per heavy atom. The van der Waals surface area contributed by atoms with Gasteiger partial charge in [0.05, 0.1) is 29.3 Å². The Kier molecular flexibility index (Phi) is 9.79. The third-order valence-corrected chi connectivity index (χ3v) is 10.6. The van der Waals surface area contributed by atoms with Crippen LogP contribution in [0.1, 0.15) is 66.4 Å². The lowest BCUT2D eigenvalue weighted by molar-refractivity contribution is 0.0238. The summed E-state index contributed by atoms with van der Waals surface area (Å²) >= 11 is 1.54. The first-order valence-electron chi connectivity index (χ1n) is 16.8. The van der Waals surface area contributed by atoms with Crippen LogP contribution in [0.15, 0.2) is 71.7 Å². The number of para-hydroxylation sites is 2. The number of aromatic nitrogens is 4. The van der Waals surface area contributed by atoms with E-state index in [1.165, 1.54) is 22.9 Å². The van der Waals surface area contributed by atoms with Crippen molar-refractivity contribution in [2.45, 2.75) is 64.1 Å². The maximum Gasteiger partial charge on any atom is 0.269 e. The van der Waals surface area contributed by atoms with Gasteiger partial charge in [0.25, 0.3) is 11.5 Å². The van der Waals surface area contributed by atoms with Gasteiger partial charge in [-0.3, -0.25) is 9.59 Å². The second-order valence-corrected chi connectivity index (χ2v) is 14.0. The number of amides is 1. The summed E-state index contributed by atoms with van der Waals surface area (Å²) in [5.74, 6) is -0.119. The second kappa shape index (κ2) is 14.5. The number of benzene rings is 3. The number of carbonyl (C=O) groups is 1. The average molecular weight is 683 g/mol. The molecule has 10 nitrogen and oxygen atoms in total. The van der Waals surface area contributed by atoms with Gasteiger partial charge in [-0.25, -0.2) is 9.37 Å². The SMILES string of the molecule is CC(C)c1nnc(-c2ccc(Oc3cc(C(=O)NC4CCN(C5CCOCC5)CC4)c(F)cc3Cn3c(=O)cnc4ccccc43)cc2)s1. The minimum Gasteiger partial charge on any atom is -0.457 e. The molecule has 0 aliphatic carbocycles. The van der Waals surface area contributed by atoms with E-state index in [-0.39, 0.29) is 35.4 Å². The van der Waals surface area contributed by atoms with Gasteiger partial charge in [0.1, 0.15) is 27.3 Å². The van der Waals surface area contributed by atoms with E-state index in [9.17, 15) is 9.59 Å². The highest BCUT2D eigenvalue weighted by Crippen LogP contribution is 2.33. The first-order valence-corrected chi connectivity index (χ1v) is 17.7. The number of ether oxygens (including phenoxy) is 2. The highest BCUT2D eigenvalue weighted by Gasteiger charge is 2.28. The van der Waals surface area contributed by atoms with E-state index < -0.39 is 11.7 Å². The number of likely N-dealkylation sites (tertiary alicyclic amines) is 1. The van der Waals surface area contributed by atoms with Gasteiger partial charge in [-0.05, 0) is 74.2 Å². The summed E-state index contributed by atoms with van der Waals surface area (Å²) in [6, 6.07) is 17.9. The van der Waals surface area contributed by atoms with Gasteiger partial charge in [0.2, 0.25) is 0 Å². The molecule has 2 fully saturated rings. The molecule has 4 heterocycles. The maximum atomic E-state index is 15.8. The Balaban J connectivity index is 1.15. The lowest BCUT2D eigenvalue weighted by atomic mass is 9.99. The zero-order valence-electron chi connectivity index (χ0n) is 27.6. The highest BCUT2D eigenvalue weighted by atomic mass is 32.1. The number of hydrogen-bond acceptors (Lipinski definition) is 9. The van der Waals surface area contributed by atoms with Gasteiger partial charge in [-0.2, -0.15) is 0 Å². The molecule has 0 saturated carbocycles. The van der Waals surface area contributed by atoms with Crippen molar-refractivity contribution in [2.24, 2.45) is 0 Å². The summed E-state index contributed by atoms with van der Waals surface area (Å²) in [7, 11) is 0. The van der Waals surface area contributed by atoms with Crippen LogP contribution < -0.4 is 15.6 Å². The van der Waals surface area contributed by atoms with E-state index in [0.29, 0.717) is 28.4 Å². The molecule has 7 rings (SSSR count). The van der Waals surface area contributed by atoms with Crippen molar-refractivity contribution in [1.82, 2.24) is 30.0 Å². The predicted octanol–water partition coefficient (Wildman–Crippen LogP) is 6.39. The Morgan fingerprint density at radius 2 is 1.80 bits per heavy atom. The quantitative estimate of drug-likeness (QED) is 0.191. The minimum atomic E-state index is -0.682. The first-order chi connectivity index (χ1) is 23.8.